The Morgan fingerprint density at radius 1 is 0.857 bits per heavy atom. The lowest BCUT2D eigenvalue weighted by Gasteiger charge is -2.29. The van der Waals surface area contributed by atoms with Gasteiger partial charge < -0.3 is 5.73 Å². The van der Waals surface area contributed by atoms with E-state index in [1.165, 1.54) is 16.7 Å². The van der Waals surface area contributed by atoms with Crippen LogP contribution < -0.4 is 5.73 Å². The van der Waals surface area contributed by atoms with Crippen molar-refractivity contribution >= 4 is 0 Å². The second kappa shape index (κ2) is 2.61. The predicted octanol–water partition coefficient (Wildman–Crippen LogP) is 2.38. The zero-order chi connectivity index (χ0) is 9.54. The highest BCUT2D eigenvalue weighted by atomic mass is 14.6. The number of nitrogens with two attached hydrogens (primary N) is 1. The molecule has 0 saturated carbocycles. The maximum Gasteiger partial charge on any atom is 0.0360 e. The van der Waals surface area contributed by atoms with E-state index >= 15 is 0 Å². The van der Waals surface area contributed by atoms with Crippen LogP contribution in [0.4, 0.5) is 0 Å². The molecule has 68 valence electrons. The highest BCUT2D eigenvalue weighted by molar-refractivity contribution is 5.59. The van der Waals surface area contributed by atoms with Crippen LogP contribution in [-0.4, -0.2) is 0 Å². The van der Waals surface area contributed by atoms with Gasteiger partial charge >= 0.3 is 0 Å². The summed E-state index contributed by atoms with van der Waals surface area (Å²) in [5.41, 5.74) is 10.8. The van der Waals surface area contributed by atoms with Crippen molar-refractivity contribution in [3.63, 3.8) is 0 Å². The average molecular weight is 181 g/mol. The minimum atomic E-state index is 0.384. The Labute approximate surface area is 83.3 Å². The molecule has 0 aromatic heterocycles. The number of hydrogen-bond acceptors (Lipinski definition) is 1. The van der Waals surface area contributed by atoms with Crippen LogP contribution in [0.5, 0.6) is 0 Å². The normalized spacial score (nSPS) is 27.3. The summed E-state index contributed by atoms with van der Waals surface area (Å²) in [5.74, 6) is 0.384. The first-order valence-electron chi connectivity index (χ1n) is 4.80. The van der Waals surface area contributed by atoms with Gasteiger partial charge in [0.1, 0.15) is 0 Å². The monoisotopic (exact) mass is 181 g/mol. The molecule has 0 amide bonds. The van der Waals surface area contributed by atoms with E-state index in [4.69, 9.17) is 5.73 Å². The molecule has 1 heteroatoms. The predicted molar refractivity (Wildman–Crippen MR) is 58.3 cm³/mol. The molecule has 0 aliphatic heterocycles. The Bertz CT molecular complexity index is 459. The van der Waals surface area contributed by atoms with Gasteiger partial charge in [0.2, 0.25) is 0 Å². The first kappa shape index (κ1) is 7.63. The van der Waals surface area contributed by atoms with Crippen LogP contribution in [0.15, 0.2) is 71.0 Å². The number of allylic oxidation sites excluding steroid dienone is 11. The highest BCUT2D eigenvalue weighted by Crippen LogP contribution is 2.39. The van der Waals surface area contributed by atoms with Crippen LogP contribution in [0.3, 0.4) is 0 Å². The zero-order valence-corrected chi connectivity index (χ0v) is 7.77. The van der Waals surface area contributed by atoms with Gasteiger partial charge in [-0.1, -0.05) is 42.5 Å². The van der Waals surface area contributed by atoms with E-state index in [0.717, 1.165) is 5.70 Å². The third-order valence-corrected chi connectivity index (χ3v) is 2.91. The first-order chi connectivity index (χ1) is 6.86. The molecular weight excluding hydrogens is 170 g/mol. The maximum absolute atomic E-state index is 5.96. The fourth-order valence-corrected chi connectivity index (χ4v) is 2.22. The lowest BCUT2D eigenvalue weighted by atomic mass is 9.75. The van der Waals surface area contributed by atoms with E-state index < -0.39 is 0 Å². The first-order valence-corrected chi connectivity index (χ1v) is 4.80. The molecule has 0 fully saturated rings. The van der Waals surface area contributed by atoms with E-state index in [1.54, 1.807) is 0 Å². The van der Waals surface area contributed by atoms with Gasteiger partial charge in [0, 0.05) is 11.6 Å². The highest BCUT2D eigenvalue weighted by Gasteiger charge is 2.26. The summed E-state index contributed by atoms with van der Waals surface area (Å²) in [4.78, 5) is 0. The lowest BCUT2D eigenvalue weighted by molar-refractivity contribution is 0.860. The van der Waals surface area contributed by atoms with Crippen molar-refractivity contribution in [2.75, 3.05) is 0 Å². The van der Waals surface area contributed by atoms with Crippen LogP contribution >= 0.6 is 0 Å². The minimum absolute atomic E-state index is 0.384. The molecule has 0 bridgehead atoms. The summed E-state index contributed by atoms with van der Waals surface area (Å²) < 4.78 is 0. The van der Waals surface area contributed by atoms with Crippen molar-refractivity contribution < 1.29 is 0 Å². The molecule has 0 saturated heterocycles. The topological polar surface area (TPSA) is 26.0 Å². The molecule has 14 heavy (non-hydrogen) atoms. The SMILES string of the molecule is NC1=C2C=CC=C3C=CC=C(C=C1)C32. The third kappa shape index (κ3) is 0.896. The Morgan fingerprint density at radius 3 is 2.43 bits per heavy atom. The molecule has 1 atom stereocenters. The van der Waals surface area contributed by atoms with Gasteiger partial charge in [-0.2, -0.15) is 0 Å². The van der Waals surface area contributed by atoms with Crippen molar-refractivity contribution in [2.45, 2.75) is 0 Å². The number of rotatable bonds is 0. The van der Waals surface area contributed by atoms with Crippen LogP contribution in [-0.2, 0) is 0 Å². The average Bonchev–Trinajstić information content (AvgIpc) is 2.24. The van der Waals surface area contributed by atoms with Crippen molar-refractivity contribution in [3.8, 4) is 0 Å². The van der Waals surface area contributed by atoms with E-state index in [-0.39, 0.29) is 0 Å². The Balaban J connectivity index is 2.25. The van der Waals surface area contributed by atoms with Crippen molar-refractivity contribution in [2.24, 2.45) is 11.7 Å². The van der Waals surface area contributed by atoms with Crippen LogP contribution in [0.1, 0.15) is 0 Å². The molecule has 0 radical (unpaired) electrons. The van der Waals surface area contributed by atoms with Gasteiger partial charge in [-0.25, -0.2) is 0 Å². The van der Waals surface area contributed by atoms with Crippen LogP contribution in [0.2, 0.25) is 0 Å². The quantitative estimate of drug-likeness (QED) is 0.610. The van der Waals surface area contributed by atoms with Crippen LogP contribution in [0, 0.1) is 5.92 Å². The standard InChI is InChI=1S/C13H11N/c14-12-8-7-10-4-1-3-9-5-2-6-11(12)13(9)10/h1-8,13H,14H2. The van der Waals surface area contributed by atoms with Gasteiger partial charge in [0.05, 0.1) is 0 Å². The summed E-state index contributed by atoms with van der Waals surface area (Å²) in [5, 5.41) is 0. The molecule has 1 unspecified atom stereocenters. The smallest absolute Gasteiger partial charge is 0.0360 e. The van der Waals surface area contributed by atoms with Crippen molar-refractivity contribution in [3.05, 3.63) is 71.0 Å². The van der Waals surface area contributed by atoms with Crippen molar-refractivity contribution in [1.29, 1.82) is 0 Å². The minimum Gasteiger partial charge on any atom is -0.398 e. The van der Waals surface area contributed by atoms with E-state index in [2.05, 4.69) is 42.5 Å². The molecule has 3 rings (SSSR count). The molecule has 3 aliphatic rings. The molecular formula is C13H11N. The van der Waals surface area contributed by atoms with E-state index in [0.29, 0.717) is 5.92 Å². The van der Waals surface area contributed by atoms with Gasteiger partial charge in [0.25, 0.3) is 0 Å². The van der Waals surface area contributed by atoms with Gasteiger partial charge in [0.15, 0.2) is 0 Å². The fourth-order valence-electron chi connectivity index (χ4n) is 2.22. The van der Waals surface area contributed by atoms with E-state index in [1.807, 2.05) is 6.08 Å². The molecule has 2 N–H and O–H groups in total. The largest absolute Gasteiger partial charge is 0.398 e. The van der Waals surface area contributed by atoms with E-state index in [9.17, 15) is 0 Å². The Kier molecular flexibility index (Phi) is 1.42. The van der Waals surface area contributed by atoms with Gasteiger partial charge in [-0.05, 0) is 22.8 Å². The van der Waals surface area contributed by atoms with Gasteiger partial charge in [-0.15, -0.1) is 0 Å². The summed E-state index contributed by atoms with van der Waals surface area (Å²) in [6, 6.07) is 0. The fraction of sp³-hybridized carbons (Fsp3) is 0.0769. The zero-order valence-electron chi connectivity index (χ0n) is 7.77. The van der Waals surface area contributed by atoms with Crippen LogP contribution in [0.25, 0.3) is 0 Å². The number of hydrogen-bond donors (Lipinski definition) is 1. The third-order valence-electron chi connectivity index (χ3n) is 2.91. The second-order valence-electron chi connectivity index (χ2n) is 3.73. The molecule has 1 nitrogen and oxygen atoms in total. The molecule has 0 spiro atoms. The van der Waals surface area contributed by atoms with Gasteiger partial charge in [-0.3, -0.25) is 0 Å². The lowest BCUT2D eigenvalue weighted by Crippen LogP contribution is -2.19. The Morgan fingerprint density at radius 2 is 1.57 bits per heavy atom. The summed E-state index contributed by atoms with van der Waals surface area (Å²) in [6.45, 7) is 0. The summed E-state index contributed by atoms with van der Waals surface area (Å²) >= 11 is 0. The molecule has 0 heterocycles. The molecule has 3 aliphatic carbocycles. The second-order valence-corrected chi connectivity index (χ2v) is 3.73. The molecule has 0 aromatic carbocycles. The Hall–Kier alpha value is -1.76. The summed E-state index contributed by atoms with van der Waals surface area (Å²) in [6.07, 6.45) is 16.9. The maximum atomic E-state index is 5.96. The summed E-state index contributed by atoms with van der Waals surface area (Å²) in [7, 11) is 0. The van der Waals surface area contributed by atoms with Crippen molar-refractivity contribution in [1.82, 2.24) is 0 Å². The molecule has 0 aromatic rings.